The number of nitrogens with one attached hydrogen (secondary N) is 1. The normalized spacial score (nSPS) is 14.6. The number of benzene rings is 2. The number of nitrogens with zero attached hydrogens (tertiary/aromatic N) is 2. The predicted octanol–water partition coefficient (Wildman–Crippen LogP) is 2.52. The lowest BCUT2D eigenvalue weighted by atomic mass is 10.0. The molecule has 0 unspecified atom stereocenters. The average Bonchev–Trinajstić information content (AvgIpc) is 2.75. The van der Waals surface area contributed by atoms with Gasteiger partial charge in [-0.1, -0.05) is 0 Å². The van der Waals surface area contributed by atoms with Gasteiger partial charge in [-0.15, -0.1) is 0 Å². The second kappa shape index (κ2) is 8.76. The molecule has 3 rings (SSSR count). The number of halogens is 1. The second-order valence-electron chi connectivity index (χ2n) is 7.63. The summed E-state index contributed by atoms with van der Waals surface area (Å²) in [4.78, 5) is 28.0. The number of ketones is 1. The van der Waals surface area contributed by atoms with Crippen molar-refractivity contribution >= 4 is 27.4 Å². The lowest BCUT2D eigenvalue weighted by Gasteiger charge is -2.36. The van der Waals surface area contributed by atoms with E-state index in [0.29, 0.717) is 54.1 Å². The van der Waals surface area contributed by atoms with Crippen LogP contribution in [0, 0.1) is 19.7 Å². The molecule has 1 amide bonds. The highest BCUT2D eigenvalue weighted by Gasteiger charge is 2.26. The molecule has 1 aliphatic heterocycles. The number of carbonyl (C=O) groups excluding carboxylic acids is 2. The monoisotopic (exact) mass is 447 g/mol. The van der Waals surface area contributed by atoms with E-state index in [1.807, 2.05) is 4.90 Å². The van der Waals surface area contributed by atoms with Crippen LogP contribution in [0.25, 0.3) is 0 Å². The first-order valence-corrected chi connectivity index (χ1v) is 11.4. The van der Waals surface area contributed by atoms with Gasteiger partial charge in [-0.2, -0.15) is 0 Å². The zero-order valence-corrected chi connectivity index (χ0v) is 18.8. The van der Waals surface area contributed by atoms with Gasteiger partial charge in [0, 0.05) is 37.3 Å². The SMILES string of the molecule is CNS(=O)(=O)c1cc(C(=O)N2CCN(c3ccc(C(C)=O)cc3F)CC2)cc(C)c1C. The van der Waals surface area contributed by atoms with Crippen LogP contribution in [0.3, 0.4) is 0 Å². The highest BCUT2D eigenvalue weighted by atomic mass is 32.2. The molecule has 0 atom stereocenters. The van der Waals surface area contributed by atoms with Crippen LogP contribution in [0.2, 0.25) is 0 Å². The Morgan fingerprint density at radius 2 is 1.65 bits per heavy atom. The Kier molecular flexibility index (Phi) is 6.47. The van der Waals surface area contributed by atoms with Crippen molar-refractivity contribution in [3.8, 4) is 0 Å². The maximum atomic E-state index is 14.5. The van der Waals surface area contributed by atoms with E-state index in [2.05, 4.69) is 4.72 Å². The van der Waals surface area contributed by atoms with E-state index in [9.17, 15) is 22.4 Å². The number of sulfonamides is 1. The molecule has 0 aliphatic carbocycles. The van der Waals surface area contributed by atoms with E-state index in [0.717, 1.165) is 0 Å². The summed E-state index contributed by atoms with van der Waals surface area (Å²) in [6.45, 7) is 6.45. The van der Waals surface area contributed by atoms with Crippen molar-refractivity contribution in [2.75, 3.05) is 38.1 Å². The van der Waals surface area contributed by atoms with Crippen LogP contribution in [0.1, 0.15) is 38.8 Å². The largest absolute Gasteiger partial charge is 0.366 e. The Labute approximate surface area is 181 Å². The Hall–Kier alpha value is -2.78. The van der Waals surface area contributed by atoms with Gasteiger partial charge in [-0.25, -0.2) is 17.5 Å². The smallest absolute Gasteiger partial charge is 0.254 e. The molecular formula is C22H26FN3O4S. The van der Waals surface area contributed by atoms with Crippen molar-refractivity contribution in [3.63, 3.8) is 0 Å². The van der Waals surface area contributed by atoms with E-state index in [1.54, 1.807) is 36.9 Å². The van der Waals surface area contributed by atoms with Crippen LogP contribution < -0.4 is 9.62 Å². The maximum Gasteiger partial charge on any atom is 0.254 e. The van der Waals surface area contributed by atoms with Gasteiger partial charge in [0.2, 0.25) is 10.0 Å². The van der Waals surface area contributed by atoms with Crippen molar-refractivity contribution in [2.45, 2.75) is 25.7 Å². The third-order valence-electron chi connectivity index (χ3n) is 5.69. The summed E-state index contributed by atoms with van der Waals surface area (Å²) >= 11 is 0. The Morgan fingerprint density at radius 3 is 2.19 bits per heavy atom. The Morgan fingerprint density at radius 1 is 1.00 bits per heavy atom. The summed E-state index contributed by atoms with van der Waals surface area (Å²) < 4.78 is 41.4. The molecule has 1 saturated heterocycles. The number of piperazine rings is 1. The molecule has 1 heterocycles. The van der Waals surface area contributed by atoms with E-state index in [-0.39, 0.29) is 16.6 Å². The number of Topliss-reactive ketones (excluding diaryl/α,β-unsaturated/α-hetero) is 1. The van der Waals surface area contributed by atoms with Gasteiger partial charge in [0.25, 0.3) is 5.91 Å². The molecule has 7 nitrogen and oxygen atoms in total. The first-order chi connectivity index (χ1) is 14.5. The lowest BCUT2D eigenvalue weighted by Crippen LogP contribution is -2.49. The van der Waals surface area contributed by atoms with Crippen LogP contribution in [-0.4, -0.2) is 58.2 Å². The maximum absolute atomic E-state index is 14.5. The number of anilines is 1. The minimum Gasteiger partial charge on any atom is -0.366 e. The summed E-state index contributed by atoms with van der Waals surface area (Å²) in [6.07, 6.45) is 0. The molecule has 0 radical (unpaired) electrons. The fourth-order valence-electron chi connectivity index (χ4n) is 3.65. The molecular weight excluding hydrogens is 421 g/mol. The molecule has 2 aromatic carbocycles. The molecule has 0 saturated carbocycles. The van der Waals surface area contributed by atoms with E-state index < -0.39 is 15.8 Å². The summed E-state index contributed by atoms with van der Waals surface area (Å²) in [5, 5.41) is 0. The number of amides is 1. The molecule has 9 heteroatoms. The third kappa shape index (κ3) is 4.62. The molecule has 0 spiro atoms. The number of hydrogen-bond donors (Lipinski definition) is 1. The molecule has 1 N–H and O–H groups in total. The summed E-state index contributed by atoms with van der Waals surface area (Å²) in [7, 11) is -2.36. The molecule has 31 heavy (non-hydrogen) atoms. The van der Waals surface area contributed by atoms with Crippen molar-refractivity contribution in [2.24, 2.45) is 0 Å². The number of rotatable bonds is 5. The van der Waals surface area contributed by atoms with E-state index in [4.69, 9.17) is 0 Å². The van der Waals surface area contributed by atoms with Crippen molar-refractivity contribution in [1.82, 2.24) is 9.62 Å². The van der Waals surface area contributed by atoms with Crippen molar-refractivity contribution < 1.29 is 22.4 Å². The topological polar surface area (TPSA) is 86.8 Å². The van der Waals surface area contributed by atoms with Crippen LogP contribution in [-0.2, 0) is 10.0 Å². The molecule has 1 aliphatic rings. The zero-order chi connectivity index (χ0) is 22.9. The summed E-state index contributed by atoms with van der Waals surface area (Å²) in [5.74, 6) is -0.930. The lowest BCUT2D eigenvalue weighted by molar-refractivity contribution is 0.0746. The minimum atomic E-state index is -3.69. The number of hydrogen-bond acceptors (Lipinski definition) is 5. The highest BCUT2D eigenvalue weighted by Crippen LogP contribution is 2.25. The molecule has 1 fully saturated rings. The average molecular weight is 448 g/mol. The van der Waals surface area contributed by atoms with Crippen molar-refractivity contribution in [3.05, 3.63) is 58.4 Å². The number of carbonyl (C=O) groups is 2. The molecule has 166 valence electrons. The Bertz CT molecular complexity index is 1140. The van der Waals surface area contributed by atoms with Gasteiger partial charge in [0.1, 0.15) is 5.82 Å². The quantitative estimate of drug-likeness (QED) is 0.712. The second-order valence-corrected chi connectivity index (χ2v) is 9.48. The van der Waals surface area contributed by atoms with Crippen LogP contribution in [0.5, 0.6) is 0 Å². The molecule has 2 aromatic rings. The molecule has 0 bridgehead atoms. The third-order valence-corrected chi connectivity index (χ3v) is 7.23. The van der Waals surface area contributed by atoms with Gasteiger partial charge >= 0.3 is 0 Å². The van der Waals surface area contributed by atoms with Gasteiger partial charge in [-0.3, -0.25) is 9.59 Å². The van der Waals surface area contributed by atoms with Gasteiger partial charge < -0.3 is 9.80 Å². The molecule has 0 aromatic heterocycles. The first kappa shape index (κ1) is 22.9. The van der Waals surface area contributed by atoms with Crippen LogP contribution in [0.4, 0.5) is 10.1 Å². The highest BCUT2D eigenvalue weighted by molar-refractivity contribution is 7.89. The zero-order valence-electron chi connectivity index (χ0n) is 18.0. The fourth-order valence-corrected chi connectivity index (χ4v) is 4.72. The Balaban J connectivity index is 1.77. The van der Waals surface area contributed by atoms with Crippen LogP contribution >= 0.6 is 0 Å². The summed E-state index contributed by atoms with van der Waals surface area (Å²) in [6, 6.07) is 7.51. The fraction of sp³-hybridized carbons (Fsp3) is 0.364. The van der Waals surface area contributed by atoms with E-state index >= 15 is 0 Å². The van der Waals surface area contributed by atoms with Gasteiger partial charge in [0.05, 0.1) is 10.6 Å². The van der Waals surface area contributed by atoms with E-state index in [1.165, 1.54) is 26.1 Å². The summed E-state index contributed by atoms with van der Waals surface area (Å²) in [5.41, 5.74) is 2.33. The van der Waals surface area contributed by atoms with Crippen LogP contribution in [0.15, 0.2) is 35.2 Å². The van der Waals surface area contributed by atoms with Crippen molar-refractivity contribution in [1.29, 1.82) is 0 Å². The minimum absolute atomic E-state index is 0.0876. The first-order valence-electron chi connectivity index (χ1n) is 9.94. The van der Waals surface area contributed by atoms with Gasteiger partial charge in [-0.05, 0) is 69.3 Å². The standard InChI is InChI=1S/C22H26FN3O4S/c1-14-11-18(13-21(15(14)2)31(29,30)24-4)22(28)26-9-7-25(8-10-26)20-6-5-17(16(3)27)12-19(20)23/h5-6,11-13,24H,7-10H2,1-4H3. The number of aryl methyl sites for hydroxylation is 1. The predicted molar refractivity (Wildman–Crippen MR) is 117 cm³/mol. The van der Waals surface area contributed by atoms with Gasteiger partial charge in [0.15, 0.2) is 5.78 Å².